The van der Waals surface area contributed by atoms with Crippen molar-refractivity contribution in [2.75, 3.05) is 30.4 Å². The molecule has 2 aliphatic rings. The summed E-state index contributed by atoms with van der Waals surface area (Å²) in [5, 5.41) is 7.49. The Morgan fingerprint density at radius 2 is 2.04 bits per heavy atom. The van der Waals surface area contributed by atoms with Crippen molar-refractivity contribution >= 4 is 23.4 Å². The van der Waals surface area contributed by atoms with Gasteiger partial charge in [-0.25, -0.2) is 4.79 Å². The van der Waals surface area contributed by atoms with E-state index >= 15 is 0 Å². The Labute approximate surface area is 165 Å². The number of amides is 3. The number of rotatable bonds is 2. The van der Waals surface area contributed by atoms with Crippen LogP contribution in [0.2, 0.25) is 0 Å². The van der Waals surface area contributed by atoms with Gasteiger partial charge >= 0.3 is 6.03 Å². The van der Waals surface area contributed by atoms with Crippen LogP contribution in [0.4, 0.5) is 16.3 Å². The molecule has 3 heterocycles. The largest absolute Gasteiger partial charge is 0.323 e. The van der Waals surface area contributed by atoms with Gasteiger partial charge in [0.2, 0.25) is 5.91 Å². The highest BCUT2D eigenvalue weighted by atomic mass is 16.2. The van der Waals surface area contributed by atoms with Crippen molar-refractivity contribution < 1.29 is 9.59 Å². The van der Waals surface area contributed by atoms with E-state index in [1.54, 1.807) is 14.5 Å². The third-order valence-electron chi connectivity index (χ3n) is 6.22. The van der Waals surface area contributed by atoms with Gasteiger partial charge < -0.3 is 9.80 Å². The minimum Gasteiger partial charge on any atom is -0.323 e. The molecule has 4 rings (SSSR count). The molecule has 0 saturated carbocycles. The Bertz CT molecular complexity index is 950. The standard InChI is InChI=1S/C21H27N5O2/c1-5-16-14(2)18(25(4)23-16)22-20(28)26-12-8-11-21(13-26)15-9-6-7-10-17(15)24(3)19(21)27/h6-7,9-10H,5,8,11-13H2,1-4H3,(H,22,28)/t21-/m1/s1. The highest BCUT2D eigenvalue weighted by molar-refractivity contribution is 6.08. The van der Waals surface area contributed by atoms with Gasteiger partial charge in [0.1, 0.15) is 5.82 Å². The predicted octanol–water partition coefficient (Wildman–Crippen LogP) is 2.83. The third-order valence-corrected chi connectivity index (χ3v) is 6.22. The van der Waals surface area contributed by atoms with Crippen LogP contribution in [0.25, 0.3) is 0 Å². The molecule has 7 heteroatoms. The van der Waals surface area contributed by atoms with Gasteiger partial charge in [-0.3, -0.25) is 14.8 Å². The van der Waals surface area contributed by atoms with E-state index in [0.717, 1.165) is 47.6 Å². The molecule has 7 nitrogen and oxygen atoms in total. The Morgan fingerprint density at radius 1 is 1.29 bits per heavy atom. The van der Waals surface area contributed by atoms with Crippen molar-refractivity contribution in [1.82, 2.24) is 14.7 Å². The number of benzene rings is 1. The van der Waals surface area contributed by atoms with E-state index in [4.69, 9.17) is 0 Å². The Hall–Kier alpha value is -2.83. The summed E-state index contributed by atoms with van der Waals surface area (Å²) in [6.45, 7) is 5.07. The van der Waals surface area contributed by atoms with E-state index in [2.05, 4.69) is 17.3 Å². The minimum atomic E-state index is -0.642. The molecule has 1 spiro atoms. The molecular weight excluding hydrogens is 354 g/mol. The number of anilines is 2. The molecule has 1 aromatic heterocycles. The maximum Gasteiger partial charge on any atom is 0.323 e. The van der Waals surface area contributed by atoms with Crippen LogP contribution in [-0.4, -0.2) is 46.8 Å². The quantitative estimate of drug-likeness (QED) is 0.870. The topological polar surface area (TPSA) is 70.5 Å². The zero-order valence-electron chi connectivity index (χ0n) is 17.0. The van der Waals surface area contributed by atoms with Gasteiger partial charge in [0.25, 0.3) is 0 Å². The fourth-order valence-corrected chi connectivity index (χ4v) is 4.72. The lowest BCUT2D eigenvalue weighted by Gasteiger charge is -2.39. The molecule has 1 aromatic carbocycles. The number of piperidine rings is 1. The van der Waals surface area contributed by atoms with Crippen molar-refractivity contribution in [2.24, 2.45) is 7.05 Å². The average Bonchev–Trinajstić information content (AvgIpc) is 3.09. The maximum atomic E-state index is 13.2. The number of hydrogen-bond acceptors (Lipinski definition) is 3. The van der Waals surface area contributed by atoms with Crippen LogP contribution in [0.5, 0.6) is 0 Å². The number of carbonyl (C=O) groups is 2. The van der Waals surface area contributed by atoms with Crippen LogP contribution in [-0.2, 0) is 23.7 Å². The van der Waals surface area contributed by atoms with Gasteiger partial charge in [0.15, 0.2) is 0 Å². The molecular formula is C21H27N5O2. The number of hydrogen-bond donors (Lipinski definition) is 1. The summed E-state index contributed by atoms with van der Waals surface area (Å²) in [6.07, 6.45) is 2.38. The highest BCUT2D eigenvalue weighted by Crippen LogP contribution is 2.46. The van der Waals surface area contributed by atoms with E-state index < -0.39 is 5.41 Å². The van der Waals surface area contributed by atoms with Crippen LogP contribution in [0.15, 0.2) is 24.3 Å². The first-order valence-electron chi connectivity index (χ1n) is 9.85. The second-order valence-electron chi connectivity index (χ2n) is 7.82. The molecule has 0 unspecified atom stereocenters. The van der Waals surface area contributed by atoms with Gasteiger partial charge in [-0.05, 0) is 37.8 Å². The lowest BCUT2D eigenvalue weighted by Crippen LogP contribution is -2.54. The molecule has 2 aliphatic heterocycles. The molecule has 1 saturated heterocycles. The fourth-order valence-electron chi connectivity index (χ4n) is 4.72. The Morgan fingerprint density at radius 3 is 2.75 bits per heavy atom. The first kappa shape index (κ1) is 18.5. The van der Waals surface area contributed by atoms with E-state index in [1.807, 2.05) is 45.3 Å². The molecule has 148 valence electrons. The Balaban J connectivity index is 1.61. The van der Waals surface area contributed by atoms with Crippen molar-refractivity contribution in [3.05, 3.63) is 41.1 Å². The molecule has 0 radical (unpaired) electrons. The van der Waals surface area contributed by atoms with Gasteiger partial charge in [-0.1, -0.05) is 25.1 Å². The van der Waals surface area contributed by atoms with Gasteiger partial charge in [0.05, 0.1) is 11.1 Å². The lowest BCUT2D eigenvalue weighted by molar-refractivity contribution is -0.124. The normalized spacial score (nSPS) is 21.4. The van der Waals surface area contributed by atoms with Crippen LogP contribution >= 0.6 is 0 Å². The number of likely N-dealkylation sites (N-methyl/N-ethyl adjacent to an activating group) is 1. The van der Waals surface area contributed by atoms with E-state index in [1.165, 1.54) is 0 Å². The summed E-state index contributed by atoms with van der Waals surface area (Å²) >= 11 is 0. The monoisotopic (exact) mass is 381 g/mol. The second-order valence-corrected chi connectivity index (χ2v) is 7.82. The van der Waals surface area contributed by atoms with Crippen LogP contribution in [0.1, 0.15) is 36.6 Å². The summed E-state index contributed by atoms with van der Waals surface area (Å²) in [7, 11) is 3.66. The minimum absolute atomic E-state index is 0.0798. The van der Waals surface area contributed by atoms with Crippen LogP contribution in [0, 0.1) is 6.92 Å². The zero-order chi connectivity index (χ0) is 20.1. The van der Waals surface area contributed by atoms with Gasteiger partial charge in [0, 0.05) is 38.4 Å². The first-order valence-corrected chi connectivity index (χ1v) is 9.85. The van der Waals surface area contributed by atoms with Crippen molar-refractivity contribution in [3.63, 3.8) is 0 Å². The lowest BCUT2D eigenvalue weighted by atomic mass is 9.75. The maximum absolute atomic E-state index is 13.2. The molecule has 28 heavy (non-hydrogen) atoms. The Kier molecular flexibility index (Phi) is 4.40. The van der Waals surface area contributed by atoms with Gasteiger partial charge in [-0.15, -0.1) is 0 Å². The number of nitrogens with zero attached hydrogens (tertiary/aromatic N) is 4. The highest BCUT2D eigenvalue weighted by Gasteiger charge is 2.52. The molecule has 0 bridgehead atoms. The number of aryl methyl sites for hydroxylation is 2. The van der Waals surface area contributed by atoms with Crippen molar-refractivity contribution in [1.29, 1.82) is 0 Å². The SMILES string of the molecule is CCc1nn(C)c(NC(=O)N2CCC[C@]3(C2)C(=O)N(C)c2ccccc23)c1C. The number of fused-ring (bicyclic) bond motifs is 2. The average molecular weight is 381 g/mol. The van der Waals surface area contributed by atoms with E-state index in [0.29, 0.717) is 13.1 Å². The summed E-state index contributed by atoms with van der Waals surface area (Å²) in [5.41, 5.74) is 3.31. The molecule has 0 aliphatic carbocycles. The van der Waals surface area contributed by atoms with Crippen LogP contribution < -0.4 is 10.2 Å². The van der Waals surface area contributed by atoms with Crippen LogP contribution in [0.3, 0.4) is 0 Å². The summed E-state index contributed by atoms with van der Waals surface area (Å²) in [4.78, 5) is 29.7. The number of carbonyl (C=O) groups excluding carboxylic acids is 2. The van der Waals surface area contributed by atoms with E-state index in [-0.39, 0.29) is 11.9 Å². The van der Waals surface area contributed by atoms with E-state index in [9.17, 15) is 9.59 Å². The number of nitrogens with one attached hydrogen (secondary N) is 1. The summed E-state index contributed by atoms with van der Waals surface area (Å²) in [5.74, 6) is 0.799. The number of para-hydroxylation sites is 1. The van der Waals surface area contributed by atoms with Crippen molar-refractivity contribution in [2.45, 2.75) is 38.5 Å². The number of likely N-dealkylation sites (tertiary alicyclic amines) is 1. The van der Waals surface area contributed by atoms with Gasteiger partial charge in [-0.2, -0.15) is 5.10 Å². The fraction of sp³-hybridized carbons (Fsp3) is 0.476. The number of aromatic nitrogens is 2. The second kappa shape index (κ2) is 6.65. The third kappa shape index (κ3) is 2.60. The molecule has 1 fully saturated rings. The first-order chi connectivity index (χ1) is 13.4. The molecule has 1 N–H and O–H groups in total. The summed E-state index contributed by atoms with van der Waals surface area (Å²) in [6, 6.07) is 7.75. The zero-order valence-corrected chi connectivity index (χ0v) is 17.0. The molecule has 1 atom stereocenters. The number of urea groups is 1. The predicted molar refractivity (Wildman–Crippen MR) is 109 cm³/mol. The molecule has 3 amide bonds. The smallest absolute Gasteiger partial charge is 0.323 e. The van der Waals surface area contributed by atoms with Crippen molar-refractivity contribution in [3.8, 4) is 0 Å². The summed E-state index contributed by atoms with van der Waals surface area (Å²) < 4.78 is 1.72. The molecule has 2 aromatic rings.